The van der Waals surface area contributed by atoms with Gasteiger partial charge in [-0.1, -0.05) is 0 Å². The fourth-order valence-corrected chi connectivity index (χ4v) is 1.45. The molecule has 0 unspecified atom stereocenters. The maximum Gasteiger partial charge on any atom is 0.141 e. The van der Waals surface area contributed by atoms with Gasteiger partial charge in [-0.2, -0.15) is 0 Å². The van der Waals surface area contributed by atoms with E-state index in [0.717, 1.165) is 25.3 Å². The molecule has 1 atom stereocenters. The lowest BCUT2D eigenvalue weighted by Gasteiger charge is -2.10. The summed E-state index contributed by atoms with van der Waals surface area (Å²) in [5, 5.41) is 6.47. The van der Waals surface area contributed by atoms with E-state index < -0.39 is 0 Å². The Morgan fingerprint density at radius 3 is 3.08 bits per heavy atom. The van der Waals surface area contributed by atoms with Crippen LogP contribution in [0.25, 0.3) is 0 Å². The second kappa shape index (κ2) is 3.70. The Morgan fingerprint density at radius 2 is 2.46 bits per heavy atom. The van der Waals surface area contributed by atoms with Gasteiger partial charge < -0.3 is 10.6 Å². The average molecular weight is 181 g/mol. The summed E-state index contributed by atoms with van der Waals surface area (Å²) in [5.41, 5.74) is 0. The molecule has 1 aromatic heterocycles. The van der Waals surface area contributed by atoms with Crippen LogP contribution in [0.2, 0.25) is 0 Å². The van der Waals surface area contributed by atoms with Gasteiger partial charge in [0.2, 0.25) is 0 Å². The monoisotopic (exact) mass is 181 g/mol. The van der Waals surface area contributed by atoms with E-state index >= 15 is 0 Å². The van der Waals surface area contributed by atoms with Crippen molar-refractivity contribution in [2.24, 2.45) is 0 Å². The molecule has 0 amide bonds. The minimum absolute atomic E-state index is 0.296. The number of hydrogen-bond acceptors (Lipinski definition) is 3. The van der Waals surface area contributed by atoms with Crippen LogP contribution in [0.4, 0.5) is 10.2 Å². The fourth-order valence-electron chi connectivity index (χ4n) is 1.45. The van der Waals surface area contributed by atoms with Crippen molar-refractivity contribution in [2.45, 2.75) is 12.5 Å². The maximum absolute atomic E-state index is 12.5. The van der Waals surface area contributed by atoms with Crippen molar-refractivity contribution in [3.63, 3.8) is 0 Å². The number of halogens is 1. The van der Waals surface area contributed by atoms with E-state index in [1.54, 1.807) is 6.07 Å². The van der Waals surface area contributed by atoms with Crippen LogP contribution in [0.15, 0.2) is 18.3 Å². The first-order valence-corrected chi connectivity index (χ1v) is 4.43. The Balaban J connectivity index is 1.97. The molecule has 70 valence electrons. The molecule has 1 saturated heterocycles. The van der Waals surface area contributed by atoms with Crippen molar-refractivity contribution in [3.05, 3.63) is 24.1 Å². The fraction of sp³-hybridized carbons (Fsp3) is 0.444. The molecule has 0 radical (unpaired) electrons. The number of aromatic nitrogens is 1. The Morgan fingerprint density at radius 1 is 1.54 bits per heavy atom. The number of pyridine rings is 1. The van der Waals surface area contributed by atoms with Crippen LogP contribution < -0.4 is 10.6 Å². The summed E-state index contributed by atoms with van der Waals surface area (Å²) in [4.78, 5) is 3.93. The van der Waals surface area contributed by atoms with E-state index in [1.807, 2.05) is 0 Å². The highest BCUT2D eigenvalue weighted by molar-refractivity contribution is 5.35. The second-order valence-corrected chi connectivity index (χ2v) is 3.20. The molecule has 2 heterocycles. The van der Waals surface area contributed by atoms with Gasteiger partial charge in [-0.3, -0.25) is 0 Å². The zero-order valence-corrected chi connectivity index (χ0v) is 7.26. The topological polar surface area (TPSA) is 37.0 Å². The van der Waals surface area contributed by atoms with Gasteiger partial charge in [0.25, 0.3) is 0 Å². The lowest BCUT2D eigenvalue weighted by atomic mass is 10.2. The summed E-state index contributed by atoms with van der Waals surface area (Å²) in [6, 6.07) is 3.50. The molecular formula is C9H12FN3. The molecule has 13 heavy (non-hydrogen) atoms. The molecule has 2 N–H and O–H groups in total. The first-order chi connectivity index (χ1) is 6.34. The molecule has 1 aliphatic rings. The zero-order valence-electron chi connectivity index (χ0n) is 7.26. The van der Waals surface area contributed by atoms with E-state index in [4.69, 9.17) is 0 Å². The van der Waals surface area contributed by atoms with Crippen LogP contribution in [-0.2, 0) is 0 Å². The summed E-state index contributed by atoms with van der Waals surface area (Å²) in [6.07, 6.45) is 2.32. The number of rotatable bonds is 2. The van der Waals surface area contributed by atoms with E-state index in [1.165, 1.54) is 12.3 Å². The van der Waals surface area contributed by atoms with Gasteiger partial charge in [-0.15, -0.1) is 0 Å². The average Bonchev–Trinajstić information content (AvgIpc) is 2.62. The second-order valence-electron chi connectivity index (χ2n) is 3.20. The van der Waals surface area contributed by atoms with Gasteiger partial charge in [0.15, 0.2) is 0 Å². The SMILES string of the molecule is Fc1ccc(N[C@H]2CCNC2)nc1. The van der Waals surface area contributed by atoms with Crippen molar-refractivity contribution in [1.82, 2.24) is 10.3 Å². The summed E-state index contributed by atoms with van der Waals surface area (Å²) < 4.78 is 12.5. The standard InChI is InChI=1S/C9H12FN3/c10-7-1-2-9(12-5-7)13-8-3-4-11-6-8/h1-2,5,8,11H,3-4,6H2,(H,12,13)/t8-/m0/s1. The van der Waals surface area contributed by atoms with E-state index in [0.29, 0.717) is 6.04 Å². The van der Waals surface area contributed by atoms with Crippen molar-refractivity contribution in [2.75, 3.05) is 18.4 Å². The maximum atomic E-state index is 12.5. The van der Waals surface area contributed by atoms with Crippen LogP contribution in [0, 0.1) is 5.82 Å². The molecule has 2 rings (SSSR count). The van der Waals surface area contributed by atoms with E-state index in [2.05, 4.69) is 15.6 Å². The lowest BCUT2D eigenvalue weighted by molar-refractivity contribution is 0.621. The van der Waals surface area contributed by atoms with Crippen molar-refractivity contribution >= 4 is 5.82 Å². The van der Waals surface area contributed by atoms with Gasteiger partial charge in [0.05, 0.1) is 6.20 Å². The third-order valence-corrected chi connectivity index (χ3v) is 2.14. The summed E-state index contributed by atoms with van der Waals surface area (Å²) >= 11 is 0. The summed E-state index contributed by atoms with van der Waals surface area (Å²) in [7, 11) is 0. The molecule has 0 spiro atoms. The van der Waals surface area contributed by atoms with Crippen LogP contribution in [0.1, 0.15) is 6.42 Å². The van der Waals surface area contributed by atoms with Gasteiger partial charge >= 0.3 is 0 Å². The van der Waals surface area contributed by atoms with Crippen molar-refractivity contribution < 1.29 is 4.39 Å². The molecular weight excluding hydrogens is 169 g/mol. The van der Waals surface area contributed by atoms with Gasteiger partial charge in [0.1, 0.15) is 11.6 Å². The highest BCUT2D eigenvalue weighted by Crippen LogP contribution is 2.08. The molecule has 1 aliphatic heterocycles. The molecule has 0 aliphatic carbocycles. The Labute approximate surface area is 76.4 Å². The van der Waals surface area contributed by atoms with Crippen molar-refractivity contribution in [1.29, 1.82) is 0 Å². The minimum Gasteiger partial charge on any atom is -0.366 e. The number of nitrogens with zero attached hydrogens (tertiary/aromatic N) is 1. The highest BCUT2D eigenvalue weighted by Gasteiger charge is 2.13. The third-order valence-electron chi connectivity index (χ3n) is 2.14. The largest absolute Gasteiger partial charge is 0.366 e. The number of hydrogen-bond donors (Lipinski definition) is 2. The highest BCUT2D eigenvalue weighted by atomic mass is 19.1. The van der Waals surface area contributed by atoms with E-state index in [9.17, 15) is 4.39 Å². The molecule has 1 aromatic rings. The third kappa shape index (κ3) is 2.15. The Bertz CT molecular complexity index is 267. The number of nitrogens with one attached hydrogen (secondary N) is 2. The quantitative estimate of drug-likeness (QED) is 0.714. The van der Waals surface area contributed by atoms with Gasteiger partial charge in [0, 0.05) is 12.6 Å². The predicted molar refractivity (Wildman–Crippen MR) is 49.1 cm³/mol. The van der Waals surface area contributed by atoms with Crippen molar-refractivity contribution in [3.8, 4) is 0 Å². The molecule has 0 aromatic carbocycles. The van der Waals surface area contributed by atoms with Gasteiger partial charge in [-0.05, 0) is 25.1 Å². The van der Waals surface area contributed by atoms with Crippen LogP contribution >= 0.6 is 0 Å². The predicted octanol–water partition coefficient (Wildman–Crippen LogP) is 0.994. The smallest absolute Gasteiger partial charge is 0.141 e. The van der Waals surface area contributed by atoms with Crippen LogP contribution in [0.3, 0.4) is 0 Å². The van der Waals surface area contributed by atoms with Crippen LogP contribution in [0.5, 0.6) is 0 Å². The zero-order chi connectivity index (χ0) is 9.10. The molecule has 4 heteroatoms. The molecule has 0 bridgehead atoms. The minimum atomic E-state index is -0.296. The molecule has 1 fully saturated rings. The van der Waals surface area contributed by atoms with Crippen LogP contribution in [-0.4, -0.2) is 24.1 Å². The first-order valence-electron chi connectivity index (χ1n) is 4.43. The summed E-state index contributed by atoms with van der Waals surface area (Å²) in [6.45, 7) is 2.00. The lowest BCUT2D eigenvalue weighted by Crippen LogP contribution is -2.22. The number of anilines is 1. The van der Waals surface area contributed by atoms with E-state index in [-0.39, 0.29) is 5.82 Å². The Kier molecular flexibility index (Phi) is 2.40. The van der Waals surface area contributed by atoms with Gasteiger partial charge in [-0.25, -0.2) is 9.37 Å². The molecule has 0 saturated carbocycles. The normalized spacial score (nSPS) is 21.8. The Hall–Kier alpha value is -1.16. The molecule has 3 nitrogen and oxygen atoms in total. The summed E-state index contributed by atoms with van der Waals surface area (Å²) in [5.74, 6) is 0.449. The first kappa shape index (κ1) is 8.44.